The van der Waals surface area contributed by atoms with Crippen LogP contribution in [0, 0.1) is 0 Å². The highest BCUT2D eigenvalue weighted by molar-refractivity contribution is 7.99. The Hall–Kier alpha value is -1.12. The quantitative estimate of drug-likeness (QED) is 0.847. The molecule has 0 radical (unpaired) electrons. The predicted molar refractivity (Wildman–Crippen MR) is 90.6 cm³/mol. The number of benzene rings is 1. The van der Waals surface area contributed by atoms with E-state index in [-0.39, 0.29) is 36.7 Å². The van der Waals surface area contributed by atoms with E-state index in [1.807, 2.05) is 0 Å². The molecule has 1 aromatic rings. The van der Waals surface area contributed by atoms with E-state index in [1.54, 1.807) is 24.9 Å². The van der Waals surface area contributed by atoms with Gasteiger partial charge in [-0.05, 0) is 6.07 Å². The van der Waals surface area contributed by atoms with Crippen LogP contribution in [0.15, 0.2) is 24.3 Å². The molecule has 1 aromatic carbocycles. The molecule has 24 heavy (non-hydrogen) atoms. The van der Waals surface area contributed by atoms with Gasteiger partial charge in [-0.2, -0.15) is 11.8 Å². The maximum atomic E-state index is 12.4. The van der Waals surface area contributed by atoms with Crippen LogP contribution in [0.4, 0.5) is 13.2 Å². The lowest BCUT2D eigenvalue weighted by Crippen LogP contribution is -2.41. The summed E-state index contributed by atoms with van der Waals surface area (Å²) < 4.78 is 41.2. The number of hydrogen-bond donors (Lipinski definition) is 1. The zero-order valence-electron chi connectivity index (χ0n) is 13.1. The fourth-order valence-corrected chi connectivity index (χ4v) is 3.27. The fourth-order valence-electron chi connectivity index (χ4n) is 2.32. The Bertz CT molecular complexity index is 540. The number of rotatable bonds is 5. The minimum atomic E-state index is -4.75. The van der Waals surface area contributed by atoms with Crippen molar-refractivity contribution < 1.29 is 22.7 Å². The van der Waals surface area contributed by atoms with Crippen molar-refractivity contribution >= 4 is 30.1 Å². The van der Waals surface area contributed by atoms with Crippen molar-refractivity contribution in [1.82, 2.24) is 10.2 Å². The molecule has 2 rings (SSSR count). The molecule has 1 saturated heterocycles. The fraction of sp³-hybridized carbons (Fsp3) is 0.533. The Balaban J connectivity index is 0.00000288. The van der Waals surface area contributed by atoms with E-state index in [0.29, 0.717) is 12.0 Å². The van der Waals surface area contributed by atoms with Crippen LogP contribution in [-0.2, 0) is 11.3 Å². The first kappa shape index (κ1) is 20.9. The Morgan fingerprint density at radius 3 is 2.75 bits per heavy atom. The monoisotopic (exact) mass is 384 g/mol. The molecule has 9 heteroatoms. The third-order valence-corrected chi connectivity index (χ3v) is 4.58. The van der Waals surface area contributed by atoms with E-state index in [2.05, 4.69) is 10.1 Å². The van der Waals surface area contributed by atoms with E-state index >= 15 is 0 Å². The van der Waals surface area contributed by atoms with Crippen LogP contribution >= 0.6 is 24.2 Å². The Morgan fingerprint density at radius 2 is 2.12 bits per heavy atom. The largest absolute Gasteiger partial charge is 0.573 e. The Labute approximate surface area is 149 Å². The van der Waals surface area contributed by atoms with Crippen LogP contribution < -0.4 is 10.1 Å². The average Bonchev–Trinajstić information content (AvgIpc) is 2.48. The average molecular weight is 385 g/mol. The van der Waals surface area contributed by atoms with Crippen molar-refractivity contribution in [2.24, 2.45) is 0 Å². The summed E-state index contributed by atoms with van der Waals surface area (Å²) in [6.07, 6.45) is -4.41. The van der Waals surface area contributed by atoms with Crippen LogP contribution in [0.25, 0.3) is 0 Å². The topological polar surface area (TPSA) is 41.6 Å². The smallest absolute Gasteiger partial charge is 0.405 e. The molecule has 0 aromatic heterocycles. The number of para-hydroxylation sites is 1. The maximum Gasteiger partial charge on any atom is 0.573 e. The molecule has 1 heterocycles. The molecule has 1 amide bonds. The summed E-state index contributed by atoms with van der Waals surface area (Å²) in [5.41, 5.74) is 0.326. The normalized spacial score (nSPS) is 17.8. The second-order valence-electron chi connectivity index (χ2n) is 5.34. The molecule has 0 spiro atoms. The summed E-state index contributed by atoms with van der Waals surface area (Å²) in [5.74, 6) is 1.52. The number of alkyl halides is 3. The zero-order chi connectivity index (χ0) is 16.9. The van der Waals surface area contributed by atoms with E-state index < -0.39 is 6.36 Å². The molecule has 0 saturated carbocycles. The van der Waals surface area contributed by atoms with Gasteiger partial charge in [-0.3, -0.25) is 4.79 Å². The molecule has 4 nitrogen and oxygen atoms in total. The van der Waals surface area contributed by atoms with Gasteiger partial charge >= 0.3 is 6.36 Å². The van der Waals surface area contributed by atoms with Crippen molar-refractivity contribution in [3.8, 4) is 5.75 Å². The van der Waals surface area contributed by atoms with Crippen LogP contribution in [0.5, 0.6) is 5.75 Å². The molecule has 0 aliphatic carbocycles. The van der Waals surface area contributed by atoms with E-state index in [0.717, 1.165) is 18.1 Å². The Morgan fingerprint density at radius 1 is 1.42 bits per heavy atom. The highest BCUT2D eigenvalue weighted by Crippen LogP contribution is 2.27. The summed E-state index contributed by atoms with van der Waals surface area (Å²) >= 11 is 1.79. The van der Waals surface area contributed by atoms with Gasteiger partial charge in [0.1, 0.15) is 5.75 Å². The molecule has 1 unspecified atom stereocenters. The molecular formula is C15H20ClF3N2O2S. The number of nitrogens with zero attached hydrogens (tertiary/aromatic N) is 1. The molecule has 1 atom stereocenters. The lowest BCUT2D eigenvalue weighted by molar-refractivity contribution is -0.275. The molecule has 1 N–H and O–H groups in total. The van der Waals surface area contributed by atoms with Crippen LogP contribution in [0.2, 0.25) is 0 Å². The van der Waals surface area contributed by atoms with Crippen LogP contribution in [-0.4, -0.2) is 48.3 Å². The standard InChI is InChI=1S/C15H19F3N2O2S.ClH/c1-20(14(21)8-12-10-23-7-6-19-12)9-11-4-2-3-5-13(11)22-15(16,17)18;/h2-5,12,19H,6-10H2,1H3;1H. The molecule has 0 bridgehead atoms. The summed E-state index contributed by atoms with van der Waals surface area (Å²) in [6.45, 7) is 0.944. The van der Waals surface area contributed by atoms with Crippen molar-refractivity contribution in [3.05, 3.63) is 29.8 Å². The summed E-state index contributed by atoms with van der Waals surface area (Å²) in [7, 11) is 1.59. The van der Waals surface area contributed by atoms with Gasteiger partial charge in [0.05, 0.1) is 0 Å². The van der Waals surface area contributed by atoms with Gasteiger partial charge in [-0.1, -0.05) is 18.2 Å². The Kier molecular flexibility index (Phi) is 8.18. The number of amides is 1. The van der Waals surface area contributed by atoms with E-state index in [1.165, 1.54) is 23.1 Å². The maximum absolute atomic E-state index is 12.4. The highest BCUT2D eigenvalue weighted by atomic mass is 35.5. The minimum absolute atomic E-state index is 0. The lowest BCUT2D eigenvalue weighted by Gasteiger charge is -2.25. The van der Waals surface area contributed by atoms with E-state index in [9.17, 15) is 18.0 Å². The van der Waals surface area contributed by atoms with Gasteiger partial charge in [0, 0.05) is 49.7 Å². The lowest BCUT2D eigenvalue weighted by atomic mass is 10.1. The first-order valence-corrected chi connectivity index (χ1v) is 8.39. The number of nitrogens with one attached hydrogen (secondary N) is 1. The third-order valence-electron chi connectivity index (χ3n) is 3.45. The van der Waals surface area contributed by atoms with Gasteiger partial charge in [-0.25, -0.2) is 0 Å². The number of thioether (sulfide) groups is 1. The summed E-state index contributed by atoms with van der Waals surface area (Å²) in [6, 6.07) is 5.98. The van der Waals surface area contributed by atoms with Gasteiger partial charge in [0.25, 0.3) is 0 Å². The number of hydrogen-bond acceptors (Lipinski definition) is 4. The SMILES string of the molecule is CN(Cc1ccccc1OC(F)(F)F)C(=O)CC1CSCCN1.Cl. The van der Waals surface area contributed by atoms with Gasteiger partial charge in [-0.15, -0.1) is 25.6 Å². The highest BCUT2D eigenvalue weighted by Gasteiger charge is 2.32. The first-order valence-electron chi connectivity index (χ1n) is 7.24. The van der Waals surface area contributed by atoms with Crippen molar-refractivity contribution in [2.75, 3.05) is 25.1 Å². The molecule has 1 aliphatic rings. The van der Waals surface area contributed by atoms with Crippen molar-refractivity contribution in [3.63, 3.8) is 0 Å². The van der Waals surface area contributed by atoms with Gasteiger partial charge in [0.2, 0.25) is 5.91 Å². The zero-order valence-corrected chi connectivity index (χ0v) is 14.8. The van der Waals surface area contributed by atoms with Crippen molar-refractivity contribution in [1.29, 1.82) is 0 Å². The first-order chi connectivity index (χ1) is 10.8. The predicted octanol–water partition coefficient (Wildman–Crippen LogP) is 3.06. The molecule has 1 fully saturated rings. The van der Waals surface area contributed by atoms with Crippen LogP contribution in [0.1, 0.15) is 12.0 Å². The summed E-state index contributed by atoms with van der Waals surface area (Å²) in [5, 5.41) is 3.27. The second kappa shape index (κ2) is 9.39. The van der Waals surface area contributed by atoms with Crippen molar-refractivity contribution in [2.45, 2.75) is 25.4 Å². The second-order valence-corrected chi connectivity index (χ2v) is 6.49. The van der Waals surface area contributed by atoms with Gasteiger partial charge < -0.3 is 15.0 Å². The summed E-state index contributed by atoms with van der Waals surface area (Å²) in [4.78, 5) is 13.7. The molecule has 136 valence electrons. The molecular weight excluding hydrogens is 365 g/mol. The van der Waals surface area contributed by atoms with E-state index in [4.69, 9.17) is 0 Å². The number of halogens is 4. The number of ether oxygens (including phenoxy) is 1. The van der Waals surface area contributed by atoms with Crippen LogP contribution in [0.3, 0.4) is 0 Å². The molecule has 1 aliphatic heterocycles. The third kappa shape index (κ3) is 6.78. The van der Waals surface area contributed by atoms with Gasteiger partial charge in [0.15, 0.2) is 0 Å². The number of carbonyl (C=O) groups excluding carboxylic acids is 1. The minimum Gasteiger partial charge on any atom is -0.405 e. The number of carbonyl (C=O) groups is 1.